The van der Waals surface area contributed by atoms with Crippen molar-refractivity contribution in [3.05, 3.63) is 23.8 Å². The molecule has 0 bridgehead atoms. The molecule has 1 saturated carbocycles. The van der Waals surface area contributed by atoms with Crippen LogP contribution in [0.4, 0.5) is 0 Å². The zero-order valence-corrected chi connectivity index (χ0v) is 12.5. The number of aryl methyl sites for hydroxylation is 1. The van der Waals surface area contributed by atoms with E-state index >= 15 is 0 Å². The third kappa shape index (κ3) is 3.10. The summed E-state index contributed by atoms with van der Waals surface area (Å²) in [4.78, 5) is 13.0. The minimum absolute atomic E-state index is 0.282. The Bertz CT molecular complexity index is 580. The van der Waals surface area contributed by atoms with Gasteiger partial charge in [-0.1, -0.05) is 24.4 Å². The molecule has 0 aromatic carbocycles. The van der Waals surface area contributed by atoms with Gasteiger partial charge in [-0.3, -0.25) is 0 Å². The maximum absolute atomic E-state index is 5.50. The Kier molecular flexibility index (Phi) is 4.24. The number of likely N-dealkylation sites (N-methyl/N-ethyl adjacent to an activating group) is 1. The van der Waals surface area contributed by atoms with Crippen molar-refractivity contribution in [2.24, 2.45) is 0 Å². The van der Waals surface area contributed by atoms with Crippen LogP contribution in [0.25, 0.3) is 11.6 Å². The third-order valence-electron chi connectivity index (χ3n) is 4.13. The fourth-order valence-corrected chi connectivity index (χ4v) is 2.93. The molecule has 0 spiro atoms. The van der Waals surface area contributed by atoms with E-state index in [9.17, 15) is 0 Å². The first-order valence-electron chi connectivity index (χ1n) is 7.58. The Hall–Kier alpha value is -1.82. The van der Waals surface area contributed by atoms with Crippen LogP contribution in [0.1, 0.15) is 49.5 Å². The minimum atomic E-state index is 0.282. The molecule has 1 aliphatic rings. The normalized spacial score (nSPS) is 23.0. The number of hydrogen-bond acceptors (Lipinski definition) is 6. The third-order valence-corrected chi connectivity index (χ3v) is 4.13. The van der Waals surface area contributed by atoms with E-state index < -0.39 is 0 Å². The largest absolute Gasteiger partial charge is 0.338 e. The summed E-state index contributed by atoms with van der Waals surface area (Å²) in [5, 5.41) is 7.44. The van der Waals surface area contributed by atoms with Gasteiger partial charge in [0.15, 0.2) is 0 Å². The van der Waals surface area contributed by atoms with E-state index in [2.05, 4.69) is 25.4 Å². The molecule has 21 heavy (non-hydrogen) atoms. The topological polar surface area (TPSA) is 76.7 Å². The molecule has 0 radical (unpaired) electrons. The van der Waals surface area contributed by atoms with Gasteiger partial charge in [0, 0.05) is 18.4 Å². The van der Waals surface area contributed by atoms with Gasteiger partial charge in [0.1, 0.15) is 0 Å². The molecule has 6 heteroatoms. The van der Waals surface area contributed by atoms with Crippen LogP contribution in [-0.4, -0.2) is 33.2 Å². The lowest BCUT2D eigenvalue weighted by atomic mass is 9.95. The van der Waals surface area contributed by atoms with Crippen molar-refractivity contribution in [2.45, 2.75) is 51.0 Å². The number of nitrogens with one attached hydrogen (secondary N) is 1. The second-order valence-electron chi connectivity index (χ2n) is 5.68. The molecule has 112 valence electrons. The first-order valence-corrected chi connectivity index (χ1v) is 7.58. The van der Waals surface area contributed by atoms with Crippen molar-refractivity contribution in [3.63, 3.8) is 0 Å². The van der Waals surface area contributed by atoms with Gasteiger partial charge in [-0.2, -0.15) is 4.98 Å². The highest BCUT2D eigenvalue weighted by molar-refractivity contribution is 5.41. The summed E-state index contributed by atoms with van der Waals surface area (Å²) in [6, 6.07) is 0.403. The molecule has 0 amide bonds. The first kappa shape index (κ1) is 14.1. The van der Waals surface area contributed by atoms with Crippen LogP contribution in [0, 0.1) is 6.92 Å². The zero-order chi connectivity index (χ0) is 14.7. The summed E-state index contributed by atoms with van der Waals surface area (Å²) in [6.07, 6.45) is 9.51. The van der Waals surface area contributed by atoms with E-state index in [4.69, 9.17) is 4.52 Å². The SMILES string of the molecule is CNC1CCCCCC1c1nc(-c2ncc(C)cn2)no1. The van der Waals surface area contributed by atoms with E-state index in [0.29, 0.717) is 23.6 Å². The summed E-state index contributed by atoms with van der Waals surface area (Å²) in [6.45, 7) is 1.95. The number of hydrogen-bond donors (Lipinski definition) is 1. The predicted octanol–water partition coefficient (Wildman–Crippen LogP) is 2.47. The van der Waals surface area contributed by atoms with Crippen LogP contribution in [0.2, 0.25) is 0 Å². The fraction of sp³-hybridized carbons (Fsp3) is 0.600. The Morgan fingerprint density at radius 3 is 2.62 bits per heavy atom. The van der Waals surface area contributed by atoms with Crippen molar-refractivity contribution in [3.8, 4) is 11.6 Å². The summed E-state index contributed by atoms with van der Waals surface area (Å²) in [7, 11) is 2.00. The average molecular weight is 287 g/mol. The molecule has 0 saturated heterocycles. The second-order valence-corrected chi connectivity index (χ2v) is 5.68. The van der Waals surface area contributed by atoms with Crippen LogP contribution in [0.5, 0.6) is 0 Å². The molecule has 3 rings (SSSR count). The molecule has 2 aromatic rings. The summed E-state index contributed by atoms with van der Waals surface area (Å²) < 4.78 is 5.50. The molecular formula is C15H21N5O. The van der Waals surface area contributed by atoms with Gasteiger partial charge in [0.2, 0.25) is 17.5 Å². The monoisotopic (exact) mass is 287 g/mol. The lowest BCUT2D eigenvalue weighted by Crippen LogP contribution is -2.31. The van der Waals surface area contributed by atoms with E-state index in [-0.39, 0.29) is 5.92 Å². The molecular weight excluding hydrogens is 266 g/mol. The first-order chi connectivity index (χ1) is 10.3. The highest BCUT2D eigenvalue weighted by Gasteiger charge is 2.29. The lowest BCUT2D eigenvalue weighted by molar-refractivity contribution is 0.311. The van der Waals surface area contributed by atoms with Crippen molar-refractivity contribution in [1.82, 2.24) is 25.4 Å². The van der Waals surface area contributed by atoms with Crippen LogP contribution in [0.3, 0.4) is 0 Å². The van der Waals surface area contributed by atoms with Gasteiger partial charge in [0.05, 0.1) is 5.92 Å². The van der Waals surface area contributed by atoms with Gasteiger partial charge >= 0.3 is 0 Å². The smallest absolute Gasteiger partial charge is 0.240 e. The molecule has 2 aromatic heterocycles. The van der Waals surface area contributed by atoms with Crippen LogP contribution >= 0.6 is 0 Å². The van der Waals surface area contributed by atoms with Crippen molar-refractivity contribution >= 4 is 0 Å². The Morgan fingerprint density at radius 2 is 1.86 bits per heavy atom. The van der Waals surface area contributed by atoms with Crippen LogP contribution in [-0.2, 0) is 0 Å². The van der Waals surface area contributed by atoms with Gasteiger partial charge < -0.3 is 9.84 Å². The van der Waals surface area contributed by atoms with Gasteiger partial charge in [0.25, 0.3) is 0 Å². The van der Waals surface area contributed by atoms with Crippen LogP contribution < -0.4 is 5.32 Å². The molecule has 2 unspecified atom stereocenters. The highest BCUT2D eigenvalue weighted by atomic mass is 16.5. The maximum atomic E-state index is 5.50. The van der Waals surface area contributed by atoms with Gasteiger partial charge in [-0.05, 0) is 32.4 Å². The van der Waals surface area contributed by atoms with E-state index in [0.717, 1.165) is 18.4 Å². The molecule has 1 fully saturated rings. The lowest BCUT2D eigenvalue weighted by Gasteiger charge is -2.20. The number of nitrogens with zero attached hydrogens (tertiary/aromatic N) is 4. The summed E-state index contributed by atoms with van der Waals surface area (Å²) >= 11 is 0. The second kappa shape index (κ2) is 6.30. The van der Waals surface area contributed by atoms with Gasteiger partial charge in [-0.15, -0.1) is 0 Å². The van der Waals surface area contributed by atoms with E-state index in [1.54, 1.807) is 12.4 Å². The highest BCUT2D eigenvalue weighted by Crippen LogP contribution is 2.31. The van der Waals surface area contributed by atoms with Crippen LogP contribution in [0.15, 0.2) is 16.9 Å². The quantitative estimate of drug-likeness (QED) is 0.874. The molecule has 2 heterocycles. The van der Waals surface area contributed by atoms with Crippen molar-refractivity contribution < 1.29 is 4.52 Å². The van der Waals surface area contributed by atoms with E-state index in [1.807, 2.05) is 14.0 Å². The van der Waals surface area contributed by atoms with Crippen molar-refractivity contribution in [1.29, 1.82) is 0 Å². The summed E-state index contributed by atoms with van der Waals surface area (Å²) in [5.41, 5.74) is 1.02. The molecule has 6 nitrogen and oxygen atoms in total. The standard InChI is InChI=1S/C15H21N5O/c1-10-8-17-13(18-9-10)14-19-15(21-20-14)11-6-4-3-5-7-12(11)16-2/h8-9,11-12,16H,3-7H2,1-2H3. The Balaban J connectivity index is 1.84. The number of aromatic nitrogens is 4. The molecule has 0 aliphatic heterocycles. The summed E-state index contributed by atoms with van der Waals surface area (Å²) in [5.74, 6) is 1.98. The van der Waals surface area contributed by atoms with Crippen molar-refractivity contribution in [2.75, 3.05) is 7.05 Å². The van der Waals surface area contributed by atoms with Gasteiger partial charge in [-0.25, -0.2) is 9.97 Å². The maximum Gasteiger partial charge on any atom is 0.240 e. The van der Waals surface area contributed by atoms with E-state index in [1.165, 1.54) is 19.3 Å². The number of rotatable bonds is 3. The molecule has 1 N–H and O–H groups in total. The molecule has 1 aliphatic carbocycles. The Morgan fingerprint density at radius 1 is 1.10 bits per heavy atom. The Labute approximate surface area is 124 Å². The zero-order valence-electron chi connectivity index (χ0n) is 12.5. The fourth-order valence-electron chi connectivity index (χ4n) is 2.93. The molecule has 2 atom stereocenters. The average Bonchev–Trinajstić information content (AvgIpc) is 2.86. The predicted molar refractivity (Wildman–Crippen MR) is 78.7 cm³/mol. The minimum Gasteiger partial charge on any atom is -0.338 e.